The van der Waals surface area contributed by atoms with Crippen LogP contribution in [-0.4, -0.2) is 38.8 Å². The molecule has 1 atom stereocenters. The van der Waals surface area contributed by atoms with Gasteiger partial charge in [-0.15, -0.1) is 0 Å². The molecule has 1 fully saturated rings. The highest BCUT2D eigenvalue weighted by Crippen LogP contribution is 2.37. The first-order valence-electron chi connectivity index (χ1n) is 8.02. The zero-order chi connectivity index (χ0) is 17.8. The quantitative estimate of drug-likeness (QED) is 0.681. The van der Waals surface area contributed by atoms with E-state index < -0.39 is 30.3 Å². The van der Waals surface area contributed by atoms with Crippen LogP contribution in [-0.2, 0) is 14.0 Å². The van der Waals surface area contributed by atoms with Gasteiger partial charge in [0.1, 0.15) is 0 Å². The minimum atomic E-state index is -1.15. The largest absolute Gasteiger partial charge is 0.498 e. The van der Waals surface area contributed by atoms with E-state index in [0.717, 1.165) is 16.9 Å². The maximum absolute atomic E-state index is 10.3. The molecular weight excluding hydrogens is 295 g/mol. The van der Waals surface area contributed by atoms with Crippen molar-refractivity contribution < 1.29 is 19.2 Å². The van der Waals surface area contributed by atoms with Crippen LogP contribution in [0.25, 0.3) is 0 Å². The number of rotatable bonds is 3. The second-order valence-electron chi connectivity index (χ2n) is 8.17. The van der Waals surface area contributed by atoms with Crippen LogP contribution in [0.4, 0.5) is 0 Å². The molecule has 2 rings (SSSR count). The van der Waals surface area contributed by atoms with Gasteiger partial charge in [0, 0.05) is 11.2 Å². The summed E-state index contributed by atoms with van der Waals surface area (Å²) in [6.07, 6.45) is -1.15. The van der Waals surface area contributed by atoms with Gasteiger partial charge >= 0.3 is 7.12 Å². The topological polar surface area (TPSA) is 65.7 Å². The van der Waals surface area contributed by atoms with E-state index in [1.807, 2.05) is 62.3 Å². The molecule has 0 saturated carbocycles. The number of ether oxygens (including phenoxy) is 1. The Bertz CT molecular complexity index is 574. The fourth-order valence-corrected chi connectivity index (χ4v) is 2.56. The Hall–Kier alpha value is -0.885. The molecule has 1 aromatic heterocycles. The third kappa shape index (κ3) is 3.48. The minimum absolute atomic E-state index is 0.417. The molecule has 1 saturated heterocycles. The van der Waals surface area contributed by atoms with E-state index in [4.69, 9.17) is 14.0 Å². The average Bonchev–Trinajstić information content (AvgIpc) is 2.71. The number of nitrogens with zero attached hydrogens (tertiary/aromatic N) is 2. The van der Waals surface area contributed by atoms with Gasteiger partial charge in [-0.2, -0.15) is 5.10 Å². The molecule has 1 unspecified atom stereocenters. The maximum Gasteiger partial charge on any atom is 0.498 e. The Balaban J connectivity index is 2.33. The van der Waals surface area contributed by atoms with Gasteiger partial charge in [0.05, 0.1) is 22.5 Å². The lowest BCUT2D eigenvalue weighted by Gasteiger charge is -2.32. The number of hydrogen-bond acceptors (Lipinski definition) is 5. The highest BCUT2D eigenvalue weighted by atomic mass is 16.7. The molecule has 0 bridgehead atoms. The number of aryl methyl sites for hydroxylation is 1. The third-order valence-corrected chi connectivity index (χ3v) is 4.54. The van der Waals surface area contributed by atoms with Crippen LogP contribution < -0.4 is 5.46 Å². The number of aliphatic hydroxyl groups excluding tert-OH is 1. The summed E-state index contributed by atoms with van der Waals surface area (Å²) >= 11 is 0. The summed E-state index contributed by atoms with van der Waals surface area (Å²) in [5.74, 6) is 0. The molecule has 0 radical (unpaired) electrons. The zero-order valence-electron chi connectivity index (χ0n) is 15.7. The van der Waals surface area contributed by atoms with Crippen molar-refractivity contribution >= 4 is 12.6 Å². The normalized spacial score (nSPS) is 21.7. The van der Waals surface area contributed by atoms with Crippen molar-refractivity contribution in [3.63, 3.8) is 0 Å². The zero-order valence-corrected chi connectivity index (χ0v) is 15.7. The second-order valence-corrected chi connectivity index (χ2v) is 8.17. The second kappa shape index (κ2) is 5.58. The Morgan fingerprint density at radius 2 is 1.61 bits per heavy atom. The van der Waals surface area contributed by atoms with Crippen LogP contribution in [0.5, 0.6) is 0 Å². The third-order valence-electron chi connectivity index (χ3n) is 4.54. The van der Waals surface area contributed by atoms with Crippen LogP contribution >= 0.6 is 0 Å². The number of hydrogen-bond donors (Lipinski definition) is 1. The summed E-state index contributed by atoms with van der Waals surface area (Å²) < 4.78 is 19.3. The van der Waals surface area contributed by atoms with Crippen LogP contribution in [0.2, 0.25) is 0 Å². The molecule has 1 aliphatic heterocycles. The first-order valence-corrected chi connectivity index (χ1v) is 8.02. The summed E-state index contributed by atoms with van der Waals surface area (Å²) in [5, 5.41) is 14.7. The highest BCUT2D eigenvalue weighted by Gasteiger charge is 2.53. The van der Waals surface area contributed by atoms with E-state index in [2.05, 4.69) is 5.10 Å². The summed E-state index contributed by atoms with van der Waals surface area (Å²) in [5.41, 5.74) is 1.07. The molecule has 1 aliphatic rings. The van der Waals surface area contributed by atoms with Crippen LogP contribution in [0, 0.1) is 13.8 Å². The van der Waals surface area contributed by atoms with E-state index in [0.29, 0.717) is 0 Å². The van der Waals surface area contributed by atoms with Gasteiger partial charge in [0.15, 0.2) is 0 Å². The first kappa shape index (κ1) is 18.5. The van der Waals surface area contributed by atoms with Crippen molar-refractivity contribution in [2.24, 2.45) is 0 Å². The van der Waals surface area contributed by atoms with Gasteiger partial charge in [0.2, 0.25) is 0 Å². The fourth-order valence-electron chi connectivity index (χ4n) is 2.56. The SMILES string of the molecule is Cc1nn(C(O)OC(C)(C)C)c(C)c1B1OC(C)(C)C(C)(C)O1. The summed E-state index contributed by atoms with van der Waals surface area (Å²) in [6, 6.07) is 0. The monoisotopic (exact) mass is 324 g/mol. The molecule has 130 valence electrons. The standard InChI is InChI=1S/C16H29BN2O4/c1-10-12(17-22-15(6,7)16(8,9)23-17)11(2)19(18-10)13(20)21-14(3,4)5/h13,20H,1-9H3. The van der Waals surface area contributed by atoms with E-state index >= 15 is 0 Å². The lowest BCUT2D eigenvalue weighted by atomic mass is 9.77. The maximum atomic E-state index is 10.3. The molecule has 7 heteroatoms. The highest BCUT2D eigenvalue weighted by molar-refractivity contribution is 6.63. The molecule has 0 amide bonds. The first-order chi connectivity index (χ1) is 10.3. The van der Waals surface area contributed by atoms with Crippen LogP contribution in [0.3, 0.4) is 0 Å². The molecule has 6 nitrogen and oxygen atoms in total. The average molecular weight is 324 g/mol. The van der Waals surface area contributed by atoms with E-state index in [-0.39, 0.29) is 0 Å². The predicted molar refractivity (Wildman–Crippen MR) is 89.5 cm³/mol. The molecule has 1 N–H and O–H groups in total. The molecule has 0 aliphatic carbocycles. The Morgan fingerprint density at radius 1 is 1.13 bits per heavy atom. The lowest BCUT2D eigenvalue weighted by Crippen LogP contribution is -2.41. The molecule has 2 heterocycles. The van der Waals surface area contributed by atoms with Gasteiger partial charge < -0.3 is 19.2 Å². The van der Waals surface area contributed by atoms with E-state index in [9.17, 15) is 5.11 Å². The Labute approximate surface area is 139 Å². The van der Waals surface area contributed by atoms with Gasteiger partial charge in [-0.3, -0.25) is 0 Å². The van der Waals surface area contributed by atoms with Gasteiger partial charge in [-0.25, -0.2) is 4.68 Å². The Kier molecular flexibility index (Phi) is 4.48. The van der Waals surface area contributed by atoms with Gasteiger partial charge in [-0.1, -0.05) is 0 Å². The molecule has 0 aromatic carbocycles. The summed E-state index contributed by atoms with van der Waals surface area (Å²) in [4.78, 5) is 0. The van der Waals surface area contributed by atoms with Gasteiger partial charge in [-0.05, 0) is 62.3 Å². The van der Waals surface area contributed by atoms with Gasteiger partial charge in [0.25, 0.3) is 6.41 Å². The molecule has 1 aromatic rings. The summed E-state index contributed by atoms with van der Waals surface area (Å²) in [7, 11) is -0.504. The van der Waals surface area contributed by atoms with Crippen molar-refractivity contribution in [1.29, 1.82) is 0 Å². The van der Waals surface area contributed by atoms with Crippen molar-refractivity contribution in [3.8, 4) is 0 Å². The molecule has 23 heavy (non-hydrogen) atoms. The predicted octanol–water partition coefficient (Wildman–Crippen LogP) is 2.06. The number of aromatic nitrogens is 2. The van der Waals surface area contributed by atoms with Crippen molar-refractivity contribution in [2.75, 3.05) is 0 Å². The minimum Gasteiger partial charge on any atom is -0.399 e. The fraction of sp³-hybridized carbons (Fsp3) is 0.812. The molecular formula is C16H29BN2O4. The summed E-state index contributed by atoms with van der Waals surface area (Å²) in [6.45, 7) is 17.5. The van der Waals surface area contributed by atoms with Crippen molar-refractivity contribution in [2.45, 2.75) is 85.5 Å². The lowest BCUT2D eigenvalue weighted by molar-refractivity contribution is -0.215. The van der Waals surface area contributed by atoms with Crippen LogP contribution in [0.1, 0.15) is 66.3 Å². The number of aliphatic hydroxyl groups is 1. The van der Waals surface area contributed by atoms with Crippen molar-refractivity contribution in [3.05, 3.63) is 11.4 Å². The van der Waals surface area contributed by atoms with Crippen molar-refractivity contribution in [1.82, 2.24) is 9.78 Å². The van der Waals surface area contributed by atoms with Crippen LogP contribution in [0.15, 0.2) is 0 Å². The van der Waals surface area contributed by atoms with E-state index in [1.54, 1.807) is 0 Å². The Morgan fingerprint density at radius 3 is 2.04 bits per heavy atom. The molecule has 0 spiro atoms. The van der Waals surface area contributed by atoms with E-state index in [1.165, 1.54) is 4.68 Å². The smallest absolute Gasteiger partial charge is 0.399 e.